The first kappa shape index (κ1) is 20.6. The maximum absolute atomic E-state index is 14.6. The van der Waals surface area contributed by atoms with Crippen molar-refractivity contribution < 1.29 is 31.8 Å². The second kappa shape index (κ2) is 8.61. The summed E-state index contributed by atoms with van der Waals surface area (Å²) in [5, 5.41) is 0. The number of hydrogen-bond acceptors (Lipinski definition) is 5. The molecule has 2 aromatic carbocycles. The Labute approximate surface area is 170 Å². The predicted octanol–water partition coefficient (Wildman–Crippen LogP) is 3.15. The van der Waals surface area contributed by atoms with E-state index in [2.05, 4.69) is 0 Å². The largest absolute Gasteiger partial charge is 0.378 e. The average molecular weight is 424 g/mol. The molecule has 0 aliphatic carbocycles. The van der Waals surface area contributed by atoms with Crippen LogP contribution in [-0.2, 0) is 9.47 Å². The monoisotopic (exact) mass is 424 g/mol. The van der Waals surface area contributed by atoms with Gasteiger partial charge in [-0.05, 0) is 12.1 Å². The van der Waals surface area contributed by atoms with Crippen LogP contribution < -0.4 is 9.80 Å². The first-order valence-electron chi connectivity index (χ1n) is 9.64. The van der Waals surface area contributed by atoms with E-state index in [4.69, 9.17) is 9.47 Å². The van der Waals surface area contributed by atoms with E-state index < -0.39 is 40.2 Å². The van der Waals surface area contributed by atoms with Gasteiger partial charge in [0.05, 0.1) is 48.9 Å². The standard InChI is InChI=1S/C21H20F4N2O3/c22-15-11-19(26-1-5-29-6-2-26)17(24)9-13(15)21(28)14-10-18(25)20(12-16(14)23)27-3-7-30-8-4-27/h9-12H,1-8H2. The molecule has 0 aromatic heterocycles. The topological polar surface area (TPSA) is 42.0 Å². The van der Waals surface area contributed by atoms with Crippen LogP contribution in [0.1, 0.15) is 15.9 Å². The molecule has 2 fully saturated rings. The first-order valence-corrected chi connectivity index (χ1v) is 9.64. The Morgan fingerprint density at radius 3 is 1.37 bits per heavy atom. The Morgan fingerprint density at radius 1 is 0.633 bits per heavy atom. The summed E-state index contributed by atoms with van der Waals surface area (Å²) < 4.78 is 68.8. The maximum Gasteiger partial charge on any atom is 0.199 e. The zero-order valence-electron chi connectivity index (χ0n) is 16.1. The third-order valence-corrected chi connectivity index (χ3v) is 5.27. The summed E-state index contributed by atoms with van der Waals surface area (Å²) in [5.74, 6) is -4.75. The van der Waals surface area contributed by atoms with E-state index in [1.54, 1.807) is 9.80 Å². The highest BCUT2D eigenvalue weighted by atomic mass is 19.1. The molecule has 0 radical (unpaired) electrons. The summed E-state index contributed by atoms with van der Waals surface area (Å²) in [5.41, 5.74) is -1.30. The molecule has 160 valence electrons. The van der Waals surface area contributed by atoms with Gasteiger partial charge in [-0.25, -0.2) is 17.6 Å². The van der Waals surface area contributed by atoms with Crippen molar-refractivity contribution in [3.8, 4) is 0 Å². The molecule has 30 heavy (non-hydrogen) atoms. The minimum atomic E-state index is -1.12. The van der Waals surface area contributed by atoms with Crippen LogP contribution in [0.25, 0.3) is 0 Å². The molecule has 0 atom stereocenters. The fraction of sp³-hybridized carbons (Fsp3) is 0.381. The second-order valence-corrected chi connectivity index (χ2v) is 7.09. The minimum Gasteiger partial charge on any atom is -0.378 e. The number of ketones is 1. The number of hydrogen-bond donors (Lipinski definition) is 0. The number of ether oxygens (including phenoxy) is 2. The fourth-order valence-electron chi connectivity index (χ4n) is 3.66. The summed E-state index contributed by atoms with van der Waals surface area (Å²) in [7, 11) is 0. The van der Waals surface area contributed by atoms with E-state index in [9.17, 15) is 22.4 Å². The molecular weight excluding hydrogens is 404 g/mol. The Balaban J connectivity index is 1.64. The molecule has 2 heterocycles. The van der Waals surface area contributed by atoms with Gasteiger partial charge in [0, 0.05) is 38.3 Å². The summed E-state index contributed by atoms with van der Waals surface area (Å²) in [4.78, 5) is 15.9. The summed E-state index contributed by atoms with van der Waals surface area (Å²) in [6, 6.07) is 3.28. The van der Waals surface area contributed by atoms with Crippen LogP contribution >= 0.6 is 0 Å². The lowest BCUT2D eigenvalue weighted by Gasteiger charge is -2.29. The highest BCUT2D eigenvalue weighted by Gasteiger charge is 2.25. The van der Waals surface area contributed by atoms with Gasteiger partial charge >= 0.3 is 0 Å². The number of morpholine rings is 2. The highest BCUT2D eigenvalue weighted by molar-refractivity contribution is 6.09. The van der Waals surface area contributed by atoms with E-state index in [1.165, 1.54) is 0 Å². The van der Waals surface area contributed by atoms with Crippen LogP contribution in [0, 0.1) is 23.3 Å². The molecule has 2 aliphatic heterocycles. The number of rotatable bonds is 4. The van der Waals surface area contributed by atoms with Gasteiger partial charge in [-0.15, -0.1) is 0 Å². The molecule has 9 heteroatoms. The van der Waals surface area contributed by atoms with Gasteiger partial charge in [0.2, 0.25) is 0 Å². The van der Waals surface area contributed by atoms with E-state index >= 15 is 0 Å². The normalized spacial score (nSPS) is 17.3. The van der Waals surface area contributed by atoms with Crippen LogP contribution in [-0.4, -0.2) is 58.4 Å². The molecule has 0 saturated carbocycles. The first-order chi connectivity index (χ1) is 14.5. The SMILES string of the molecule is O=C(c1cc(F)c(N2CCOCC2)cc1F)c1cc(F)c(N2CCOCC2)cc1F. The Kier molecular flexibility index (Phi) is 5.92. The molecule has 0 bridgehead atoms. The zero-order chi connectivity index (χ0) is 21.3. The van der Waals surface area contributed by atoms with Crippen molar-refractivity contribution >= 4 is 17.2 Å². The zero-order valence-corrected chi connectivity index (χ0v) is 16.1. The Hall–Kier alpha value is -2.65. The lowest BCUT2D eigenvalue weighted by molar-refractivity contribution is 0.103. The van der Waals surface area contributed by atoms with Gasteiger partial charge in [0.1, 0.15) is 23.3 Å². The van der Waals surface area contributed by atoms with Crippen LogP contribution in [0.15, 0.2) is 24.3 Å². The predicted molar refractivity (Wildman–Crippen MR) is 102 cm³/mol. The van der Waals surface area contributed by atoms with Crippen LogP contribution in [0.3, 0.4) is 0 Å². The van der Waals surface area contributed by atoms with Gasteiger partial charge < -0.3 is 19.3 Å². The molecule has 2 aromatic rings. The van der Waals surface area contributed by atoms with Gasteiger partial charge in [-0.1, -0.05) is 0 Å². The summed E-state index contributed by atoms with van der Waals surface area (Å²) >= 11 is 0. The number of halogens is 4. The van der Waals surface area contributed by atoms with Crippen molar-refractivity contribution in [3.63, 3.8) is 0 Å². The molecule has 0 amide bonds. The van der Waals surface area contributed by atoms with Crippen LogP contribution in [0.4, 0.5) is 28.9 Å². The highest BCUT2D eigenvalue weighted by Crippen LogP contribution is 2.29. The molecular formula is C21H20F4N2O3. The molecule has 0 spiro atoms. The van der Waals surface area contributed by atoms with Crippen LogP contribution in [0.2, 0.25) is 0 Å². The molecule has 0 N–H and O–H groups in total. The number of nitrogens with zero attached hydrogens (tertiary/aromatic N) is 2. The van der Waals surface area contributed by atoms with Gasteiger partial charge in [-0.3, -0.25) is 4.79 Å². The van der Waals surface area contributed by atoms with E-state index in [0.717, 1.165) is 24.3 Å². The lowest BCUT2D eigenvalue weighted by Crippen LogP contribution is -2.37. The Bertz CT molecular complexity index is 882. The third kappa shape index (κ3) is 3.99. The van der Waals surface area contributed by atoms with E-state index in [0.29, 0.717) is 52.6 Å². The quantitative estimate of drug-likeness (QED) is 0.557. The second-order valence-electron chi connectivity index (χ2n) is 7.09. The number of carbonyl (C=O) groups is 1. The van der Waals surface area contributed by atoms with Crippen molar-refractivity contribution in [2.75, 3.05) is 62.4 Å². The maximum atomic E-state index is 14.6. The van der Waals surface area contributed by atoms with Gasteiger partial charge in [0.15, 0.2) is 5.78 Å². The molecule has 4 rings (SSSR count). The minimum absolute atomic E-state index is 0.00154. The molecule has 2 aliphatic rings. The van der Waals surface area contributed by atoms with Crippen molar-refractivity contribution in [2.24, 2.45) is 0 Å². The van der Waals surface area contributed by atoms with Gasteiger partial charge in [-0.2, -0.15) is 0 Å². The number of carbonyl (C=O) groups excluding carboxylic acids is 1. The number of anilines is 2. The van der Waals surface area contributed by atoms with Crippen molar-refractivity contribution in [3.05, 3.63) is 58.7 Å². The molecule has 5 nitrogen and oxygen atoms in total. The van der Waals surface area contributed by atoms with Crippen LogP contribution in [0.5, 0.6) is 0 Å². The van der Waals surface area contributed by atoms with Gasteiger partial charge in [0.25, 0.3) is 0 Å². The molecule has 0 unspecified atom stereocenters. The average Bonchev–Trinajstić information content (AvgIpc) is 2.77. The molecule has 2 saturated heterocycles. The third-order valence-electron chi connectivity index (χ3n) is 5.27. The fourth-order valence-corrected chi connectivity index (χ4v) is 3.66. The van der Waals surface area contributed by atoms with Crippen molar-refractivity contribution in [2.45, 2.75) is 0 Å². The lowest BCUT2D eigenvalue weighted by atomic mass is 10.0. The summed E-state index contributed by atoms with van der Waals surface area (Å²) in [6.07, 6.45) is 0. The van der Waals surface area contributed by atoms with E-state index in [-0.39, 0.29) is 11.4 Å². The van der Waals surface area contributed by atoms with Crippen molar-refractivity contribution in [1.29, 1.82) is 0 Å². The Morgan fingerprint density at radius 2 is 1.00 bits per heavy atom. The van der Waals surface area contributed by atoms with Crippen molar-refractivity contribution in [1.82, 2.24) is 0 Å². The number of benzene rings is 2. The van der Waals surface area contributed by atoms with E-state index in [1.807, 2.05) is 0 Å². The summed E-state index contributed by atoms with van der Waals surface area (Å²) in [6.45, 7) is 3.03. The smallest absolute Gasteiger partial charge is 0.199 e.